The van der Waals surface area contributed by atoms with Crippen molar-refractivity contribution < 1.29 is 0 Å². The predicted octanol–water partition coefficient (Wildman–Crippen LogP) is 0.745. The highest BCUT2D eigenvalue weighted by Gasteiger charge is 1.85. The van der Waals surface area contributed by atoms with Crippen LogP contribution in [0.25, 0.3) is 0 Å². The van der Waals surface area contributed by atoms with Gasteiger partial charge in [0.15, 0.2) is 0 Å². The van der Waals surface area contributed by atoms with Gasteiger partial charge in [-0.1, -0.05) is 0 Å². The summed E-state index contributed by atoms with van der Waals surface area (Å²) in [5, 5.41) is 0. The van der Waals surface area contributed by atoms with Crippen molar-refractivity contribution in [3.8, 4) is 0 Å². The van der Waals surface area contributed by atoms with E-state index in [0.717, 1.165) is 6.42 Å². The lowest BCUT2D eigenvalue weighted by Crippen LogP contribution is -1.94. The molecule has 9 heavy (non-hydrogen) atoms. The van der Waals surface area contributed by atoms with E-state index in [1.54, 1.807) is 18.9 Å². The Morgan fingerprint density at radius 2 is 2.11 bits per heavy atom. The summed E-state index contributed by atoms with van der Waals surface area (Å²) in [5.41, 5.74) is 6.42. The van der Waals surface area contributed by atoms with E-state index in [2.05, 4.69) is 4.98 Å². The van der Waals surface area contributed by atoms with E-state index in [1.807, 2.05) is 12.1 Å². The minimum absolute atomic E-state index is 0.822. The molecule has 0 atom stereocenters. The van der Waals surface area contributed by atoms with Crippen LogP contribution in [-0.4, -0.2) is 4.98 Å². The van der Waals surface area contributed by atoms with Crippen molar-refractivity contribution >= 4 is 0 Å². The second-order valence-corrected chi connectivity index (χ2v) is 1.80. The average Bonchev–Trinajstić information content (AvgIpc) is 1.91. The fraction of sp³-hybridized carbons (Fsp3) is 0.143. The number of hydrogen-bond acceptors (Lipinski definition) is 2. The fourth-order valence-electron chi connectivity index (χ4n) is 0.655. The third-order valence-corrected chi connectivity index (χ3v) is 1.10. The van der Waals surface area contributed by atoms with Crippen LogP contribution < -0.4 is 5.73 Å². The van der Waals surface area contributed by atoms with E-state index < -0.39 is 0 Å². The molecule has 0 bridgehead atoms. The average molecular weight is 121 g/mol. The molecule has 0 fully saturated rings. The molecule has 0 aliphatic carbocycles. The van der Waals surface area contributed by atoms with Gasteiger partial charge < -0.3 is 5.73 Å². The normalized spacial score (nSPS) is 9.44. The minimum Gasteiger partial charge on any atom is -0.326 e. The highest BCUT2D eigenvalue weighted by atomic mass is 14.6. The van der Waals surface area contributed by atoms with Crippen LogP contribution in [0.1, 0.15) is 5.56 Å². The number of aromatic nitrogens is 1. The first-order valence-corrected chi connectivity index (χ1v) is 2.86. The molecular formula is C7H9N2. The maximum absolute atomic E-state index is 5.22. The maximum atomic E-state index is 5.22. The van der Waals surface area contributed by atoms with E-state index in [-0.39, 0.29) is 0 Å². The van der Waals surface area contributed by atoms with Crippen molar-refractivity contribution in [1.29, 1.82) is 0 Å². The van der Waals surface area contributed by atoms with E-state index >= 15 is 0 Å². The summed E-state index contributed by atoms with van der Waals surface area (Å²) in [6.07, 6.45) is 4.35. The topological polar surface area (TPSA) is 38.9 Å². The number of hydrogen-bond donors (Lipinski definition) is 1. The van der Waals surface area contributed by atoms with Crippen molar-refractivity contribution in [2.75, 3.05) is 0 Å². The van der Waals surface area contributed by atoms with Crippen molar-refractivity contribution in [1.82, 2.24) is 4.98 Å². The molecule has 0 amide bonds. The lowest BCUT2D eigenvalue weighted by atomic mass is 10.2. The van der Waals surface area contributed by atoms with E-state index in [1.165, 1.54) is 5.56 Å². The van der Waals surface area contributed by atoms with Crippen LogP contribution >= 0.6 is 0 Å². The van der Waals surface area contributed by atoms with Gasteiger partial charge in [-0.05, 0) is 24.1 Å². The third-order valence-electron chi connectivity index (χ3n) is 1.10. The summed E-state index contributed by atoms with van der Waals surface area (Å²) in [5.74, 6) is 0. The Hall–Kier alpha value is -0.890. The van der Waals surface area contributed by atoms with Gasteiger partial charge in [0.25, 0.3) is 0 Å². The molecular weight excluding hydrogens is 112 g/mol. The zero-order valence-corrected chi connectivity index (χ0v) is 5.12. The highest BCUT2D eigenvalue weighted by Crippen LogP contribution is 1.96. The lowest BCUT2D eigenvalue weighted by Gasteiger charge is -1.92. The smallest absolute Gasteiger partial charge is 0.0270 e. The maximum Gasteiger partial charge on any atom is 0.0270 e. The summed E-state index contributed by atoms with van der Waals surface area (Å²) in [7, 11) is 0. The van der Waals surface area contributed by atoms with Crippen molar-refractivity contribution in [3.05, 3.63) is 36.6 Å². The number of nitrogens with zero attached hydrogens (tertiary/aromatic N) is 1. The van der Waals surface area contributed by atoms with Crippen LogP contribution in [0.2, 0.25) is 0 Å². The Balaban J connectivity index is 2.61. The second kappa shape index (κ2) is 3.20. The fourth-order valence-corrected chi connectivity index (χ4v) is 0.655. The van der Waals surface area contributed by atoms with Crippen LogP contribution in [0, 0.1) is 6.54 Å². The monoisotopic (exact) mass is 121 g/mol. The molecule has 0 unspecified atom stereocenters. The lowest BCUT2D eigenvalue weighted by molar-refractivity contribution is 1.09. The molecule has 0 saturated carbocycles. The zero-order valence-electron chi connectivity index (χ0n) is 5.12. The molecule has 1 aromatic rings. The molecule has 2 N–H and O–H groups in total. The molecule has 0 saturated heterocycles. The van der Waals surface area contributed by atoms with E-state index in [9.17, 15) is 0 Å². The Bertz CT molecular complexity index is 160. The predicted molar refractivity (Wildman–Crippen MR) is 36.4 cm³/mol. The molecule has 0 aromatic carbocycles. The van der Waals surface area contributed by atoms with Crippen molar-refractivity contribution in [2.24, 2.45) is 5.73 Å². The van der Waals surface area contributed by atoms with Gasteiger partial charge in [0.1, 0.15) is 0 Å². The standard InChI is InChI=1S/C7H9N2/c8-4-1-7-2-5-9-6-3-7/h2-6H,1,8H2. The quantitative estimate of drug-likeness (QED) is 0.627. The minimum atomic E-state index is 0.822. The molecule has 2 nitrogen and oxygen atoms in total. The first kappa shape index (κ1) is 6.23. The molecule has 1 rings (SSSR count). The van der Waals surface area contributed by atoms with Crippen LogP contribution in [-0.2, 0) is 6.42 Å². The number of nitrogens with two attached hydrogens (primary N) is 1. The second-order valence-electron chi connectivity index (χ2n) is 1.80. The van der Waals surface area contributed by atoms with Crippen molar-refractivity contribution in [3.63, 3.8) is 0 Å². The molecule has 1 aromatic heterocycles. The molecule has 47 valence electrons. The summed E-state index contributed by atoms with van der Waals surface area (Å²) < 4.78 is 0. The Morgan fingerprint density at radius 1 is 1.44 bits per heavy atom. The van der Waals surface area contributed by atoms with Crippen LogP contribution in [0.3, 0.4) is 0 Å². The van der Waals surface area contributed by atoms with Gasteiger partial charge in [-0.2, -0.15) is 0 Å². The van der Waals surface area contributed by atoms with Gasteiger partial charge in [0, 0.05) is 18.9 Å². The van der Waals surface area contributed by atoms with Gasteiger partial charge in [-0.25, -0.2) is 0 Å². The first-order valence-electron chi connectivity index (χ1n) is 2.86. The summed E-state index contributed by atoms with van der Waals surface area (Å²) in [4.78, 5) is 3.87. The summed E-state index contributed by atoms with van der Waals surface area (Å²) in [6, 6.07) is 3.90. The van der Waals surface area contributed by atoms with Crippen molar-refractivity contribution in [2.45, 2.75) is 6.42 Å². The highest BCUT2D eigenvalue weighted by molar-refractivity contribution is 5.11. The SMILES string of the molecule is N[CH]Cc1ccncc1. The number of pyridine rings is 1. The van der Waals surface area contributed by atoms with Crippen LogP contribution in [0.5, 0.6) is 0 Å². The van der Waals surface area contributed by atoms with Gasteiger partial charge in [-0.3, -0.25) is 4.98 Å². The Kier molecular flexibility index (Phi) is 2.22. The van der Waals surface area contributed by atoms with E-state index in [0.29, 0.717) is 0 Å². The third kappa shape index (κ3) is 1.82. The summed E-state index contributed by atoms with van der Waals surface area (Å²) in [6.45, 7) is 1.63. The molecule has 0 aliphatic heterocycles. The molecule has 1 radical (unpaired) electrons. The molecule has 0 aliphatic rings. The van der Waals surface area contributed by atoms with Gasteiger partial charge >= 0.3 is 0 Å². The molecule has 0 spiro atoms. The van der Waals surface area contributed by atoms with Crippen LogP contribution in [0.15, 0.2) is 24.5 Å². The first-order chi connectivity index (χ1) is 4.43. The molecule has 1 heterocycles. The number of rotatable bonds is 2. The van der Waals surface area contributed by atoms with Gasteiger partial charge in [-0.15, -0.1) is 0 Å². The van der Waals surface area contributed by atoms with Gasteiger partial charge in [0.2, 0.25) is 0 Å². The Morgan fingerprint density at radius 3 is 2.67 bits per heavy atom. The van der Waals surface area contributed by atoms with Gasteiger partial charge in [0.05, 0.1) is 0 Å². The van der Waals surface area contributed by atoms with Crippen LogP contribution in [0.4, 0.5) is 0 Å². The largest absolute Gasteiger partial charge is 0.326 e. The van der Waals surface area contributed by atoms with E-state index in [4.69, 9.17) is 5.73 Å². The molecule has 2 heteroatoms. The summed E-state index contributed by atoms with van der Waals surface area (Å²) >= 11 is 0. The zero-order chi connectivity index (χ0) is 6.53. The Labute approximate surface area is 54.7 Å².